The smallest absolute Gasteiger partial charge is 0.290 e. The molecule has 0 atom stereocenters. The molecule has 1 fully saturated rings. The number of rotatable bonds is 4. The fourth-order valence-electron chi connectivity index (χ4n) is 3.58. The van der Waals surface area contributed by atoms with E-state index in [0.717, 1.165) is 12.1 Å². The van der Waals surface area contributed by atoms with E-state index >= 15 is 0 Å². The van der Waals surface area contributed by atoms with Gasteiger partial charge >= 0.3 is 0 Å². The Kier molecular flexibility index (Phi) is 5.48. The molecular weight excluding hydrogens is 398 g/mol. The van der Waals surface area contributed by atoms with E-state index < -0.39 is 11.8 Å². The summed E-state index contributed by atoms with van der Waals surface area (Å²) in [6, 6.07) is 13.3. The zero-order valence-corrected chi connectivity index (χ0v) is 16.9. The fraction of sp³-hybridized carbons (Fsp3) is 0.227. The molecule has 2 aromatic carbocycles. The molecule has 158 valence electrons. The van der Waals surface area contributed by atoms with E-state index in [1.165, 1.54) is 4.68 Å². The van der Waals surface area contributed by atoms with Crippen LogP contribution in [0.5, 0.6) is 0 Å². The van der Waals surface area contributed by atoms with Crippen molar-refractivity contribution >= 4 is 34.2 Å². The Morgan fingerprint density at radius 3 is 2.29 bits per heavy atom. The Balaban J connectivity index is 1.49. The van der Waals surface area contributed by atoms with Crippen LogP contribution in [0.2, 0.25) is 0 Å². The van der Waals surface area contributed by atoms with E-state index in [0.29, 0.717) is 35.8 Å². The van der Waals surface area contributed by atoms with Crippen LogP contribution in [0.15, 0.2) is 53.3 Å². The standard InChI is InChI=1S/C22H21N5O4/c1-2-27-22(31)17-7-4-3-6-16(17)19(25-27)21(30)24-23-20(29)14-9-11-15(12-10-14)26-13-5-8-18(26)28/h3-4,6-7,9-12H,2,5,8,13H2,1H3,(H,23,29)(H,24,30). The van der Waals surface area contributed by atoms with Crippen LogP contribution >= 0.6 is 0 Å². The number of aromatic nitrogens is 2. The number of carbonyl (C=O) groups excluding carboxylic acids is 3. The number of amides is 3. The summed E-state index contributed by atoms with van der Waals surface area (Å²) in [4.78, 5) is 51.1. The summed E-state index contributed by atoms with van der Waals surface area (Å²) in [5.41, 5.74) is 5.54. The highest BCUT2D eigenvalue weighted by Gasteiger charge is 2.22. The molecule has 1 aliphatic heterocycles. The highest BCUT2D eigenvalue weighted by Crippen LogP contribution is 2.21. The van der Waals surface area contributed by atoms with Gasteiger partial charge < -0.3 is 4.90 Å². The first kappa shape index (κ1) is 20.3. The quantitative estimate of drug-likeness (QED) is 0.624. The van der Waals surface area contributed by atoms with Crippen LogP contribution in [-0.4, -0.2) is 34.0 Å². The zero-order chi connectivity index (χ0) is 22.0. The lowest BCUT2D eigenvalue weighted by Gasteiger charge is -2.16. The molecule has 2 heterocycles. The van der Waals surface area contributed by atoms with Crippen LogP contribution in [0.1, 0.15) is 40.6 Å². The third-order valence-corrected chi connectivity index (χ3v) is 5.19. The van der Waals surface area contributed by atoms with E-state index in [2.05, 4.69) is 16.0 Å². The number of hydrogen-bond acceptors (Lipinski definition) is 5. The van der Waals surface area contributed by atoms with E-state index in [9.17, 15) is 19.2 Å². The van der Waals surface area contributed by atoms with Gasteiger partial charge in [0.1, 0.15) is 0 Å². The maximum Gasteiger partial charge on any atom is 0.290 e. The van der Waals surface area contributed by atoms with Crippen molar-refractivity contribution in [3.05, 3.63) is 70.1 Å². The predicted octanol–water partition coefficient (Wildman–Crippen LogP) is 1.62. The number of fused-ring (bicyclic) bond motifs is 1. The van der Waals surface area contributed by atoms with Crippen LogP contribution in [0.3, 0.4) is 0 Å². The molecule has 0 spiro atoms. The second kappa shape index (κ2) is 8.39. The van der Waals surface area contributed by atoms with Gasteiger partial charge in [0.2, 0.25) is 5.91 Å². The van der Waals surface area contributed by atoms with Crippen LogP contribution in [-0.2, 0) is 11.3 Å². The van der Waals surface area contributed by atoms with Crippen molar-refractivity contribution in [3.63, 3.8) is 0 Å². The van der Waals surface area contributed by atoms with Crippen molar-refractivity contribution in [3.8, 4) is 0 Å². The summed E-state index contributed by atoms with van der Waals surface area (Å²) in [5.74, 6) is -1.08. The van der Waals surface area contributed by atoms with Gasteiger partial charge in [0.25, 0.3) is 17.4 Å². The second-order valence-corrected chi connectivity index (χ2v) is 7.12. The highest BCUT2D eigenvalue weighted by atomic mass is 16.2. The average molecular weight is 419 g/mol. The van der Waals surface area contributed by atoms with Crippen molar-refractivity contribution in [1.82, 2.24) is 20.6 Å². The summed E-state index contributed by atoms with van der Waals surface area (Å²) in [7, 11) is 0. The summed E-state index contributed by atoms with van der Waals surface area (Å²) in [6.45, 7) is 2.73. The lowest BCUT2D eigenvalue weighted by atomic mass is 10.1. The first-order valence-corrected chi connectivity index (χ1v) is 10.0. The molecular formula is C22H21N5O4. The molecule has 2 N–H and O–H groups in total. The third-order valence-electron chi connectivity index (χ3n) is 5.19. The first-order valence-electron chi connectivity index (χ1n) is 10.0. The number of hydrogen-bond donors (Lipinski definition) is 2. The number of benzene rings is 2. The van der Waals surface area contributed by atoms with Gasteiger partial charge in [-0.3, -0.25) is 30.0 Å². The lowest BCUT2D eigenvalue weighted by Crippen LogP contribution is -2.42. The first-order chi connectivity index (χ1) is 15.0. The molecule has 1 aliphatic rings. The van der Waals surface area contributed by atoms with E-state index in [-0.39, 0.29) is 17.2 Å². The number of anilines is 1. The minimum Gasteiger partial charge on any atom is -0.312 e. The Morgan fingerprint density at radius 1 is 0.968 bits per heavy atom. The van der Waals surface area contributed by atoms with Gasteiger partial charge in [-0.25, -0.2) is 4.68 Å². The fourth-order valence-corrected chi connectivity index (χ4v) is 3.58. The second-order valence-electron chi connectivity index (χ2n) is 7.12. The van der Waals surface area contributed by atoms with E-state index in [1.807, 2.05) is 0 Å². The van der Waals surface area contributed by atoms with Gasteiger partial charge in [-0.2, -0.15) is 5.10 Å². The Morgan fingerprint density at radius 2 is 1.65 bits per heavy atom. The maximum absolute atomic E-state index is 12.7. The topological polar surface area (TPSA) is 113 Å². The Bertz CT molecular complexity index is 1230. The van der Waals surface area contributed by atoms with Gasteiger partial charge in [-0.05, 0) is 43.7 Å². The summed E-state index contributed by atoms with van der Waals surface area (Å²) in [6.07, 6.45) is 1.35. The van der Waals surface area contributed by atoms with E-state index in [1.54, 1.807) is 60.4 Å². The Labute approximate surface area is 177 Å². The lowest BCUT2D eigenvalue weighted by molar-refractivity contribution is -0.117. The van der Waals surface area contributed by atoms with Gasteiger partial charge in [0.05, 0.1) is 5.39 Å². The number of aryl methyl sites for hydroxylation is 1. The van der Waals surface area contributed by atoms with Crippen molar-refractivity contribution in [2.45, 2.75) is 26.3 Å². The molecule has 3 amide bonds. The number of carbonyl (C=O) groups is 3. The van der Waals surface area contributed by atoms with Crippen LogP contribution in [0.25, 0.3) is 10.8 Å². The number of nitrogens with one attached hydrogen (secondary N) is 2. The van der Waals surface area contributed by atoms with Crippen LogP contribution < -0.4 is 21.3 Å². The third kappa shape index (κ3) is 3.89. The van der Waals surface area contributed by atoms with E-state index in [4.69, 9.17) is 0 Å². The largest absolute Gasteiger partial charge is 0.312 e. The van der Waals surface area contributed by atoms with Crippen LogP contribution in [0.4, 0.5) is 5.69 Å². The highest BCUT2D eigenvalue weighted by molar-refractivity contribution is 6.06. The van der Waals surface area contributed by atoms with Gasteiger partial charge in [-0.1, -0.05) is 18.2 Å². The minimum atomic E-state index is -0.633. The minimum absolute atomic E-state index is 0.0419. The van der Waals surface area contributed by atoms with Crippen molar-refractivity contribution in [2.24, 2.45) is 0 Å². The molecule has 0 aliphatic carbocycles. The molecule has 0 bridgehead atoms. The van der Waals surface area contributed by atoms with Gasteiger partial charge in [0, 0.05) is 36.1 Å². The molecule has 3 aromatic rings. The summed E-state index contributed by atoms with van der Waals surface area (Å²) in [5, 5.41) is 4.92. The van der Waals surface area contributed by atoms with Crippen molar-refractivity contribution < 1.29 is 14.4 Å². The molecule has 1 saturated heterocycles. The molecule has 1 aromatic heterocycles. The van der Waals surface area contributed by atoms with Crippen LogP contribution in [0, 0.1) is 0 Å². The maximum atomic E-state index is 12.7. The Hall–Kier alpha value is -4.01. The number of nitrogens with zero attached hydrogens (tertiary/aromatic N) is 3. The summed E-state index contributed by atoms with van der Waals surface area (Å²) < 4.78 is 1.21. The molecule has 31 heavy (non-hydrogen) atoms. The predicted molar refractivity (Wildman–Crippen MR) is 115 cm³/mol. The normalized spacial score (nSPS) is 13.5. The molecule has 0 unspecified atom stereocenters. The number of hydrazine groups is 1. The molecule has 9 nitrogen and oxygen atoms in total. The SMILES string of the molecule is CCn1nc(C(=O)NNC(=O)c2ccc(N3CCCC3=O)cc2)c2ccccc2c1=O. The monoisotopic (exact) mass is 419 g/mol. The zero-order valence-electron chi connectivity index (χ0n) is 16.9. The molecule has 9 heteroatoms. The average Bonchev–Trinajstić information content (AvgIpc) is 3.23. The molecule has 0 radical (unpaired) electrons. The van der Waals surface area contributed by atoms with Gasteiger partial charge in [0.15, 0.2) is 5.69 Å². The van der Waals surface area contributed by atoms with Crippen molar-refractivity contribution in [1.29, 1.82) is 0 Å². The van der Waals surface area contributed by atoms with Crippen molar-refractivity contribution in [2.75, 3.05) is 11.4 Å². The van der Waals surface area contributed by atoms with Gasteiger partial charge in [-0.15, -0.1) is 0 Å². The summed E-state index contributed by atoms with van der Waals surface area (Å²) >= 11 is 0. The molecule has 0 saturated carbocycles. The molecule has 4 rings (SSSR count).